The number of fused-ring (bicyclic) bond motifs is 1. The number of carbonyl (C=O) groups excluding carboxylic acids is 1. The van der Waals surface area contributed by atoms with Gasteiger partial charge in [-0.3, -0.25) is 9.36 Å². The van der Waals surface area contributed by atoms with E-state index in [0.29, 0.717) is 17.6 Å². The first kappa shape index (κ1) is 18.0. The van der Waals surface area contributed by atoms with Crippen LogP contribution in [0.25, 0.3) is 10.9 Å². The van der Waals surface area contributed by atoms with E-state index in [1.807, 2.05) is 24.3 Å². The molecule has 2 aromatic rings. The van der Waals surface area contributed by atoms with Crippen molar-refractivity contribution in [1.82, 2.24) is 9.55 Å². The zero-order valence-electron chi connectivity index (χ0n) is 14.6. The Balaban J connectivity index is 1.89. The van der Waals surface area contributed by atoms with Gasteiger partial charge < -0.3 is 4.74 Å². The minimum absolute atomic E-state index is 0.164. The van der Waals surface area contributed by atoms with Crippen LogP contribution < -0.4 is 5.69 Å². The molecule has 5 nitrogen and oxygen atoms in total. The SMILES string of the molecule is CCOC(=O)CSc1nc(=O)n(CC2CCCCC2)c2ccccc12. The Morgan fingerprint density at radius 2 is 2.04 bits per heavy atom. The van der Waals surface area contributed by atoms with E-state index in [4.69, 9.17) is 4.74 Å². The van der Waals surface area contributed by atoms with Crippen molar-refractivity contribution in [2.24, 2.45) is 5.92 Å². The monoisotopic (exact) mass is 360 g/mol. The molecule has 1 aliphatic carbocycles. The number of benzene rings is 1. The summed E-state index contributed by atoms with van der Waals surface area (Å²) in [5.41, 5.74) is 0.676. The molecule has 0 saturated heterocycles. The highest BCUT2D eigenvalue weighted by molar-refractivity contribution is 8.00. The molecule has 0 amide bonds. The number of nitrogens with zero attached hydrogens (tertiary/aromatic N) is 2. The van der Waals surface area contributed by atoms with E-state index in [1.165, 1.54) is 43.9 Å². The number of hydrogen-bond donors (Lipinski definition) is 0. The average Bonchev–Trinajstić information content (AvgIpc) is 2.64. The topological polar surface area (TPSA) is 61.2 Å². The van der Waals surface area contributed by atoms with E-state index >= 15 is 0 Å². The van der Waals surface area contributed by atoms with Crippen LogP contribution in [0.4, 0.5) is 0 Å². The summed E-state index contributed by atoms with van der Waals surface area (Å²) in [5, 5.41) is 1.53. The van der Waals surface area contributed by atoms with Crippen molar-refractivity contribution < 1.29 is 9.53 Å². The molecule has 0 N–H and O–H groups in total. The standard InChI is InChI=1S/C19H24N2O3S/c1-2-24-17(22)13-25-18-15-10-6-7-11-16(15)21(19(23)20-18)12-14-8-4-3-5-9-14/h6-7,10-11,14H,2-5,8-9,12-13H2,1H3. The zero-order chi connectivity index (χ0) is 17.6. The number of ether oxygens (including phenoxy) is 1. The summed E-state index contributed by atoms with van der Waals surface area (Å²) in [6.45, 7) is 2.87. The Bertz CT molecular complexity index is 797. The van der Waals surface area contributed by atoms with Crippen molar-refractivity contribution in [1.29, 1.82) is 0 Å². The molecule has 6 heteroatoms. The van der Waals surface area contributed by atoms with Gasteiger partial charge in [0, 0.05) is 11.9 Å². The van der Waals surface area contributed by atoms with E-state index < -0.39 is 0 Å². The van der Waals surface area contributed by atoms with Crippen LogP contribution in [0, 0.1) is 5.92 Å². The fourth-order valence-corrected chi connectivity index (χ4v) is 4.25. The van der Waals surface area contributed by atoms with Crippen molar-refractivity contribution in [2.45, 2.75) is 50.6 Å². The molecule has 0 bridgehead atoms. The molecule has 0 radical (unpaired) electrons. The Hall–Kier alpha value is -1.82. The Morgan fingerprint density at radius 3 is 2.80 bits per heavy atom. The lowest BCUT2D eigenvalue weighted by Crippen LogP contribution is -2.28. The highest BCUT2D eigenvalue weighted by Gasteiger charge is 2.18. The smallest absolute Gasteiger partial charge is 0.349 e. The van der Waals surface area contributed by atoms with Crippen LogP contribution in [0.15, 0.2) is 34.1 Å². The first-order valence-corrected chi connectivity index (χ1v) is 9.95. The predicted molar refractivity (Wildman–Crippen MR) is 99.9 cm³/mol. The average molecular weight is 360 g/mol. The summed E-state index contributed by atoms with van der Waals surface area (Å²) in [6.07, 6.45) is 6.16. The fraction of sp³-hybridized carbons (Fsp3) is 0.526. The number of hydrogen-bond acceptors (Lipinski definition) is 5. The summed E-state index contributed by atoms with van der Waals surface area (Å²) in [6, 6.07) is 7.81. The number of esters is 1. The Morgan fingerprint density at radius 1 is 1.28 bits per heavy atom. The van der Waals surface area contributed by atoms with Gasteiger partial charge in [-0.2, -0.15) is 4.98 Å². The van der Waals surface area contributed by atoms with Gasteiger partial charge >= 0.3 is 11.7 Å². The van der Waals surface area contributed by atoms with Gasteiger partial charge in [0.25, 0.3) is 0 Å². The number of thioether (sulfide) groups is 1. The van der Waals surface area contributed by atoms with Crippen LogP contribution in [0.5, 0.6) is 0 Å². The maximum absolute atomic E-state index is 12.6. The molecule has 3 rings (SSSR count). The molecule has 1 aromatic heterocycles. The predicted octanol–water partition coefficient (Wildman–Crippen LogP) is 3.63. The number of aromatic nitrogens is 2. The summed E-state index contributed by atoms with van der Waals surface area (Å²) < 4.78 is 6.76. The van der Waals surface area contributed by atoms with Gasteiger partial charge in [-0.1, -0.05) is 49.2 Å². The van der Waals surface area contributed by atoms with E-state index in [2.05, 4.69) is 4.98 Å². The Kier molecular flexibility index (Phi) is 6.13. The van der Waals surface area contributed by atoms with Gasteiger partial charge in [-0.25, -0.2) is 4.79 Å². The normalized spacial score (nSPS) is 15.4. The lowest BCUT2D eigenvalue weighted by molar-refractivity contribution is -0.139. The molecule has 1 heterocycles. The van der Waals surface area contributed by atoms with Gasteiger partial charge in [-0.15, -0.1) is 0 Å². The molecule has 0 unspecified atom stereocenters. The van der Waals surface area contributed by atoms with Gasteiger partial charge in [0.05, 0.1) is 17.9 Å². The van der Waals surface area contributed by atoms with Crippen LogP contribution in [0.3, 0.4) is 0 Å². The van der Waals surface area contributed by atoms with Crippen molar-refractivity contribution in [3.05, 3.63) is 34.7 Å². The minimum atomic E-state index is -0.287. The van der Waals surface area contributed by atoms with Crippen LogP contribution in [0.2, 0.25) is 0 Å². The third-order valence-corrected chi connectivity index (χ3v) is 5.62. The van der Waals surface area contributed by atoms with E-state index in [1.54, 1.807) is 11.5 Å². The van der Waals surface area contributed by atoms with Crippen LogP contribution in [0.1, 0.15) is 39.0 Å². The van der Waals surface area contributed by atoms with Crippen molar-refractivity contribution >= 4 is 28.6 Å². The van der Waals surface area contributed by atoms with E-state index in [9.17, 15) is 9.59 Å². The first-order chi connectivity index (χ1) is 12.2. The third-order valence-electron chi connectivity index (χ3n) is 4.65. The van der Waals surface area contributed by atoms with Gasteiger partial charge in [-0.05, 0) is 31.7 Å². The van der Waals surface area contributed by atoms with Crippen LogP contribution >= 0.6 is 11.8 Å². The molecule has 0 atom stereocenters. The zero-order valence-corrected chi connectivity index (χ0v) is 15.4. The molecule has 1 aromatic carbocycles. The molecule has 0 aliphatic heterocycles. The first-order valence-electron chi connectivity index (χ1n) is 8.97. The van der Waals surface area contributed by atoms with E-state index in [-0.39, 0.29) is 17.4 Å². The molecule has 1 saturated carbocycles. The quantitative estimate of drug-likeness (QED) is 0.447. The summed E-state index contributed by atoms with van der Waals surface area (Å²) in [7, 11) is 0. The van der Waals surface area contributed by atoms with Gasteiger partial charge in [0.2, 0.25) is 0 Å². The summed E-state index contributed by atoms with van der Waals surface area (Å²) in [4.78, 5) is 28.5. The van der Waals surface area contributed by atoms with E-state index in [0.717, 1.165) is 17.4 Å². The molecular weight excluding hydrogens is 336 g/mol. The maximum atomic E-state index is 12.6. The highest BCUT2D eigenvalue weighted by Crippen LogP contribution is 2.28. The van der Waals surface area contributed by atoms with Crippen molar-refractivity contribution in [3.63, 3.8) is 0 Å². The molecule has 1 aliphatic rings. The lowest BCUT2D eigenvalue weighted by Gasteiger charge is -2.23. The Labute approximate surface area is 151 Å². The van der Waals surface area contributed by atoms with Crippen molar-refractivity contribution in [2.75, 3.05) is 12.4 Å². The van der Waals surface area contributed by atoms with Crippen LogP contribution in [-0.4, -0.2) is 27.9 Å². The molecule has 25 heavy (non-hydrogen) atoms. The lowest BCUT2D eigenvalue weighted by atomic mass is 9.89. The second-order valence-corrected chi connectivity index (χ2v) is 7.39. The fourth-order valence-electron chi connectivity index (χ4n) is 3.44. The second-order valence-electron chi connectivity index (χ2n) is 6.43. The number of rotatable bonds is 6. The summed E-state index contributed by atoms with van der Waals surface area (Å²) in [5.74, 6) is 0.427. The molecule has 134 valence electrons. The molecular formula is C19H24N2O3S. The molecule has 1 fully saturated rings. The number of carbonyl (C=O) groups is 1. The highest BCUT2D eigenvalue weighted by atomic mass is 32.2. The summed E-state index contributed by atoms with van der Waals surface area (Å²) >= 11 is 1.27. The van der Waals surface area contributed by atoms with Crippen LogP contribution in [-0.2, 0) is 16.1 Å². The number of para-hydroxylation sites is 1. The second kappa shape index (κ2) is 8.52. The maximum Gasteiger partial charge on any atom is 0.349 e. The van der Waals surface area contributed by atoms with Gasteiger partial charge in [0.1, 0.15) is 5.03 Å². The van der Waals surface area contributed by atoms with Gasteiger partial charge in [0.15, 0.2) is 0 Å². The largest absolute Gasteiger partial charge is 0.465 e. The minimum Gasteiger partial charge on any atom is -0.465 e. The molecule has 0 spiro atoms. The van der Waals surface area contributed by atoms with Crippen molar-refractivity contribution in [3.8, 4) is 0 Å². The third kappa shape index (κ3) is 4.42.